The first-order valence-electron chi connectivity index (χ1n) is 4.62. The van der Waals surface area contributed by atoms with Gasteiger partial charge >= 0.3 is 23.9 Å². The van der Waals surface area contributed by atoms with Crippen molar-refractivity contribution in [2.45, 2.75) is 13.3 Å². The molecule has 0 saturated carbocycles. The van der Waals surface area contributed by atoms with Gasteiger partial charge in [0, 0.05) is 17.7 Å². The Balaban J connectivity index is 0. The Hall–Kier alpha value is -2.35. The fourth-order valence-corrected chi connectivity index (χ4v) is 0.728. The molecular weight excluding hydrogens is 284 g/mol. The molecule has 0 spiro atoms. The Bertz CT molecular complexity index is 435. The van der Waals surface area contributed by atoms with E-state index in [1.54, 1.807) is 6.92 Å². The third kappa shape index (κ3) is 11.9. The number of carboxylic acids is 4. The molecule has 0 aromatic carbocycles. The number of halogens is 1. The van der Waals surface area contributed by atoms with Crippen molar-refractivity contribution in [3.63, 3.8) is 0 Å². The summed E-state index contributed by atoms with van der Waals surface area (Å²) in [6.45, 7) is 1.59. The van der Waals surface area contributed by atoms with Gasteiger partial charge in [0.25, 0.3) is 0 Å². The Kier molecular flexibility index (Phi) is 9.66. The lowest BCUT2D eigenvalue weighted by Crippen LogP contribution is -2.02. The summed E-state index contributed by atoms with van der Waals surface area (Å²) >= 11 is 4.89. The lowest BCUT2D eigenvalue weighted by Gasteiger charge is -1.92. The van der Waals surface area contributed by atoms with Crippen LogP contribution in [0, 0.1) is 0 Å². The van der Waals surface area contributed by atoms with Gasteiger partial charge in [-0.1, -0.05) is 18.5 Å². The van der Waals surface area contributed by atoms with Gasteiger partial charge in [0.15, 0.2) is 0 Å². The molecule has 106 valence electrons. The van der Waals surface area contributed by atoms with Crippen LogP contribution in [0.3, 0.4) is 0 Å². The predicted molar refractivity (Wildman–Crippen MR) is 62.9 cm³/mol. The molecule has 0 rings (SSSR count). The van der Waals surface area contributed by atoms with Gasteiger partial charge < -0.3 is 20.4 Å². The van der Waals surface area contributed by atoms with Gasteiger partial charge in [0.2, 0.25) is 0 Å². The molecule has 0 bridgehead atoms. The van der Waals surface area contributed by atoms with Gasteiger partial charge in [-0.05, 0) is 6.42 Å². The second kappa shape index (κ2) is 9.66. The first kappa shape index (κ1) is 19.0. The zero-order valence-electron chi connectivity index (χ0n) is 9.66. The van der Waals surface area contributed by atoms with Gasteiger partial charge in [-0.15, -0.1) is 0 Å². The standard InChI is InChI=1S/C6H8O4.C4H3ClO4/c1-2-4(6(9)10)3-5(7)8;5-2(4(8)9)1-3(6)7/h3H,2H2,1H3,(H,7,8)(H,9,10);1H,(H,6,7)(H,8,9). The maximum absolute atomic E-state index is 10.1. The summed E-state index contributed by atoms with van der Waals surface area (Å²) in [7, 11) is 0. The van der Waals surface area contributed by atoms with E-state index in [4.69, 9.17) is 32.0 Å². The van der Waals surface area contributed by atoms with E-state index in [-0.39, 0.29) is 12.0 Å². The predicted octanol–water partition coefficient (Wildman–Crippen LogP) is 0.770. The lowest BCUT2D eigenvalue weighted by molar-refractivity contribution is -0.135. The van der Waals surface area contributed by atoms with E-state index in [9.17, 15) is 19.2 Å². The fourth-order valence-electron chi connectivity index (χ4n) is 0.634. The van der Waals surface area contributed by atoms with E-state index in [0.29, 0.717) is 12.2 Å². The van der Waals surface area contributed by atoms with Crippen molar-refractivity contribution in [3.05, 3.63) is 22.8 Å². The molecule has 4 N–H and O–H groups in total. The third-order valence-electron chi connectivity index (χ3n) is 1.41. The van der Waals surface area contributed by atoms with Crippen molar-refractivity contribution in [3.8, 4) is 0 Å². The summed E-state index contributed by atoms with van der Waals surface area (Å²) in [5.74, 6) is -5.22. The molecule has 8 nitrogen and oxygen atoms in total. The lowest BCUT2D eigenvalue weighted by atomic mass is 10.2. The van der Waals surface area contributed by atoms with Gasteiger partial charge in [-0.25, -0.2) is 19.2 Å². The van der Waals surface area contributed by atoms with Gasteiger partial charge in [-0.2, -0.15) is 0 Å². The van der Waals surface area contributed by atoms with Gasteiger partial charge in [-0.3, -0.25) is 0 Å². The monoisotopic (exact) mass is 294 g/mol. The van der Waals surface area contributed by atoms with Crippen molar-refractivity contribution >= 4 is 35.5 Å². The van der Waals surface area contributed by atoms with Crippen LogP contribution >= 0.6 is 11.6 Å². The molecule has 0 amide bonds. The average Bonchev–Trinajstić information content (AvgIpc) is 2.25. The van der Waals surface area contributed by atoms with E-state index in [1.165, 1.54) is 0 Å². The van der Waals surface area contributed by atoms with Crippen LogP contribution in [0.4, 0.5) is 0 Å². The fraction of sp³-hybridized carbons (Fsp3) is 0.200. The number of hydrogen-bond donors (Lipinski definition) is 4. The van der Waals surface area contributed by atoms with E-state index in [1.807, 2.05) is 0 Å². The van der Waals surface area contributed by atoms with Gasteiger partial charge in [0.1, 0.15) is 5.03 Å². The highest BCUT2D eigenvalue weighted by Crippen LogP contribution is 1.99. The minimum atomic E-state index is -1.45. The molecular formula is C10H11ClO8. The van der Waals surface area contributed by atoms with Crippen molar-refractivity contribution in [2.24, 2.45) is 0 Å². The molecule has 0 unspecified atom stereocenters. The summed E-state index contributed by atoms with van der Waals surface area (Å²) in [4.78, 5) is 39.5. The average molecular weight is 295 g/mol. The molecule has 0 saturated heterocycles. The Morgan fingerprint density at radius 2 is 1.32 bits per heavy atom. The van der Waals surface area contributed by atoms with Crippen LogP contribution in [-0.2, 0) is 19.2 Å². The van der Waals surface area contributed by atoms with Crippen LogP contribution in [-0.4, -0.2) is 44.3 Å². The maximum Gasteiger partial charge on any atom is 0.347 e. The SMILES string of the molecule is CCC(=CC(=O)O)C(=O)O.O=C(O)C=C(Cl)C(=O)O. The summed E-state index contributed by atoms with van der Waals surface area (Å²) < 4.78 is 0. The largest absolute Gasteiger partial charge is 0.478 e. The molecule has 0 aliphatic rings. The van der Waals surface area contributed by atoms with Crippen molar-refractivity contribution in [1.82, 2.24) is 0 Å². The van der Waals surface area contributed by atoms with Crippen LogP contribution < -0.4 is 0 Å². The summed E-state index contributed by atoms with van der Waals surface area (Å²) in [5, 5.41) is 31.6. The van der Waals surface area contributed by atoms with Crippen LogP contribution in [0.2, 0.25) is 0 Å². The van der Waals surface area contributed by atoms with Crippen molar-refractivity contribution < 1.29 is 39.6 Å². The minimum Gasteiger partial charge on any atom is -0.478 e. The van der Waals surface area contributed by atoms with Crippen LogP contribution in [0.1, 0.15) is 13.3 Å². The van der Waals surface area contributed by atoms with Crippen molar-refractivity contribution in [2.75, 3.05) is 0 Å². The molecule has 0 aromatic heterocycles. The number of hydrogen-bond acceptors (Lipinski definition) is 4. The number of aliphatic carboxylic acids is 4. The second-order valence-corrected chi connectivity index (χ2v) is 3.21. The second-order valence-electron chi connectivity index (χ2n) is 2.80. The van der Waals surface area contributed by atoms with E-state index < -0.39 is 28.9 Å². The first-order valence-corrected chi connectivity index (χ1v) is 4.99. The van der Waals surface area contributed by atoms with E-state index in [2.05, 4.69) is 0 Å². The zero-order chi connectivity index (χ0) is 15.6. The first-order chi connectivity index (χ1) is 8.61. The molecule has 0 aliphatic carbocycles. The molecule has 0 aromatic rings. The summed E-state index contributed by atoms with van der Waals surface area (Å²) in [6.07, 6.45) is 1.33. The minimum absolute atomic E-state index is 0.0903. The number of rotatable bonds is 5. The highest BCUT2D eigenvalue weighted by molar-refractivity contribution is 6.42. The molecule has 19 heavy (non-hydrogen) atoms. The molecule has 9 heteroatoms. The van der Waals surface area contributed by atoms with E-state index >= 15 is 0 Å². The molecule has 0 atom stereocenters. The van der Waals surface area contributed by atoms with E-state index in [0.717, 1.165) is 0 Å². The van der Waals surface area contributed by atoms with Crippen molar-refractivity contribution in [1.29, 1.82) is 0 Å². The topological polar surface area (TPSA) is 149 Å². The smallest absolute Gasteiger partial charge is 0.347 e. The molecule has 0 aliphatic heterocycles. The van der Waals surface area contributed by atoms with Crippen LogP contribution in [0.25, 0.3) is 0 Å². The third-order valence-corrected chi connectivity index (χ3v) is 1.68. The highest BCUT2D eigenvalue weighted by Gasteiger charge is 2.05. The Morgan fingerprint density at radius 1 is 0.895 bits per heavy atom. The van der Waals surface area contributed by atoms with Gasteiger partial charge in [0.05, 0.1) is 0 Å². The number of carbonyl (C=O) groups is 4. The Labute approximate surface area is 112 Å². The maximum atomic E-state index is 10.1. The van der Waals surface area contributed by atoms with Crippen LogP contribution in [0.5, 0.6) is 0 Å². The Morgan fingerprint density at radius 3 is 1.42 bits per heavy atom. The molecule has 0 heterocycles. The highest BCUT2D eigenvalue weighted by atomic mass is 35.5. The zero-order valence-corrected chi connectivity index (χ0v) is 10.4. The number of carboxylic acid groups (broad SMARTS) is 4. The quantitative estimate of drug-likeness (QED) is 0.543. The molecule has 0 radical (unpaired) electrons. The summed E-state index contributed by atoms with van der Waals surface area (Å²) in [6, 6.07) is 0. The molecule has 0 fully saturated rings. The normalized spacial score (nSPS) is 11.1. The van der Waals surface area contributed by atoms with Crippen LogP contribution in [0.15, 0.2) is 22.8 Å². The summed E-state index contributed by atoms with van der Waals surface area (Å²) in [5.41, 5.74) is -0.0903.